The van der Waals surface area contributed by atoms with E-state index in [1.807, 2.05) is 0 Å². The smallest absolute Gasteiger partial charge is 0.0621 e. The van der Waals surface area contributed by atoms with E-state index in [0.717, 1.165) is 32.6 Å². The number of hydrogen-bond acceptors (Lipinski definition) is 3. The fourth-order valence-corrected chi connectivity index (χ4v) is 3.20. The maximum absolute atomic E-state index is 9.04. The van der Waals surface area contributed by atoms with Gasteiger partial charge in [0, 0.05) is 19.3 Å². The van der Waals surface area contributed by atoms with Crippen LogP contribution in [0, 0.1) is 0 Å². The molecule has 3 nitrogen and oxygen atoms in total. The molecular formula is C21H45NO2. The minimum absolute atomic E-state index is 0.287. The molecule has 0 aliphatic heterocycles. The van der Waals surface area contributed by atoms with Crippen molar-refractivity contribution in [3.63, 3.8) is 0 Å². The highest BCUT2D eigenvalue weighted by atomic mass is 16.5. The lowest BCUT2D eigenvalue weighted by Crippen LogP contribution is -2.36. The van der Waals surface area contributed by atoms with Gasteiger partial charge < -0.3 is 14.7 Å². The zero-order valence-electron chi connectivity index (χ0n) is 16.9. The fourth-order valence-electron chi connectivity index (χ4n) is 3.20. The number of aliphatic hydroxyl groups excluding tert-OH is 1. The number of ether oxygens (including phenoxy) is 1. The van der Waals surface area contributed by atoms with Crippen LogP contribution in [-0.2, 0) is 4.74 Å². The molecule has 0 spiro atoms. The summed E-state index contributed by atoms with van der Waals surface area (Å²) in [4.78, 5) is 2.38. The highest BCUT2D eigenvalue weighted by molar-refractivity contribution is 4.68. The highest BCUT2D eigenvalue weighted by Gasteiger charge is 2.13. The molecular weight excluding hydrogens is 298 g/mol. The van der Waals surface area contributed by atoms with E-state index in [1.165, 1.54) is 70.6 Å². The van der Waals surface area contributed by atoms with E-state index in [2.05, 4.69) is 25.8 Å². The Morgan fingerprint density at radius 3 is 1.92 bits per heavy atom. The zero-order valence-corrected chi connectivity index (χ0v) is 16.9. The summed E-state index contributed by atoms with van der Waals surface area (Å²) >= 11 is 0. The van der Waals surface area contributed by atoms with Gasteiger partial charge in [-0.05, 0) is 39.3 Å². The number of nitrogens with zero attached hydrogens (tertiary/aromatic N) is 1. The lowest BCUT2D eigenvalue weighted by atomic mass is 10.1. The Kier molecular flexibility index (Phi) is 19.1. The van der Waals surface area contributed by atoms with Crippen LogP contribution in [-0.4, -0.2) is 49.5 Å². The van der Waals surface area contributed by atoms with Crippen LogP contribution in [0.15, 0.2) is 0 Å². The maximum Gasteiger partial charge on any atom is 0.0621 e. The van der Waals surface area contributed by atoms with Gasteiger partial charge in [-0.15, -0.1) is 0 Å². The zero-order chi connectivity index (χ0) is 17.9. The van der Waals surface area contributed by atoms with Crippen molar-refractivity contribution in [1.29, 1.82) is 0 Å². The minimum Gasteiger partial charge on any atom is -0.396 e. The van der Waals surface area contributed by atoms with Crippen LogP contribution in [0.3, 0.4) is 0 Å². The third-order valence-electron chi connectivity index (χ3n) is 4.85. The molecule has 0 aromatic carbocycles. The Labute approximate surface area is 152 Å². The summed E-state index contributed by atoms with van der Waals surface area (Å²) in [5, 5.41) is 9.04. The third-order valence-corrected chi connectivity index (χ3v) is 4.85. The van der Waals surface area contributed by atoms with Crippen LogP contribution in [0.4, 0.5) is 0 Å². The van der Waals surface area contributed by atoms with Crippen molar-refractivity contribution in [3.8, 4) is 0 Å². The lowest BCUT2D eigenvalue weighted by Gasteiger charge is -2.27. The standard InChI is InChI=1S/C21H45NO2/c1-4-6-7-8-9-10-11-12-13-14-19-24-20-21(16-15-18-23)22(3)17-5-2/h21,23H,4-20H2,1-3H3. The molecule has 1 N–H and O–H groups in total. The Morgan fingerprint density at radius 1 is 0.792 bits per heavy atom. The van der Waals surface area contributed by atoms with Gasteiger partial charge >= 0.3 is 0 Å². The van der Waals surface area contributed by atoms with Crippen molar-refractivity contribution < 1.29 is 9.84 Å². The van der Waals surface area contributed by atoms with Crippen LogP contribution in [0.5, 0.6) is 0 Å². The van der Waals surface area contributed by atoms with E-state index in [-0.39, 0.29) is 6.61 Å². The average molecular weight is 344 g/mol. The molecule has 146 valence electrons. The summed E-state index contributed by atoms with van der Waals surface area (Å²) in [5.74, 6) is 0. The molecule has 0 bridgehead atoms. The Bertz CT molecular complexity index is 236. The number of unbranched alkanes of at least 4 members (excludes halogenated alkanes) is 9. The summed E-state index contributed by atoms with van der Waals surface area (Å²) in [6.07, 6.45) is 16.8. The predicted molar refractivity (Wildman–Crippen MR) is 106 cm³/mol. The number of likely N-dealkylation sites (N-methyl/N-ethyl adjacent to an activating group) is 1. The van der Waals surface area contributed by atoms with Gasteiger partial charge in [-0.1, -0.05) is 71.6 Å². The van der Waals surface area contributed by atoms with Crippen LogP contribution < -0.4 is 0 Å². The maximum atomic E-state index is 9.04. The van der Waals surface area contributed by atoms with Crippen molar-refractivity contribution >= 4 is 0 Å². The molecule has 0 radical (unpaired) electrons. The van der Waals surface area contributed by atoms with Gasteiger partial charge in [0.25, 0.3) is 0 Å². The summed E-state index contributed by atoms with van der Waals surface area (Å²) in [5.41, 5.74) is 0. The largest absolute Gasteiger partial charge is 0.396 e. The van der Waals surface area contributed by atoms with Crippen molar-refractivity contribution in [2.75, 3.05) is 33.4 Å². The second kappa shape index (κ2) is 19.2. The second-order valence-electron chi connectivity index (χ2n) is 7.26. The molecule has 0 fully saturated rings. The van der Waals surface area contributed by atoms with Gasteiger partial charge in [-0.3, -0.25) is 0 Å². The van der Waals surface area contributed by atoms with Gasteiger partial charge in [0.05, 0.1) is 6.61 Å². The molecule has 3 heteroatoms. The van der Waals surface area contributed by atoms with Gasteiger partial charge in [0.2, 0.25) is 0 Å². The molecule has 0 aromatic heterocycles. The number of rotatable bonds is 19. The van der Waals surface area contributed by atoms with E-state index in [4.69, 9.17) is 9.84 Å². The summed E-state index contributed by atoms with van der Waals surface area (Å²) in [6, 6.07) is 0.459. The van der Waals surface area contributed by atoms with Crippen LogP contribution in [0.25, 0.3) is 0 Å². The Hall–Kier alpha value is -0.120. The van der Waals surface area contributed by atoms with Gasteiger partial charge in [0.1, 0.15) is 0 Å². The summed E-state index contributed by atoms with van der Waals surface area (Å²) < 4.78 is 5.91. The van der Waals surface area contributed by atoms with Crippen molar-refractivity contribution in [1.82, 2.24) is 4.90 Å². The molecule has 0 aliphatic rings. The number of hydrogen-bond donors (Lipinski definition) is 1. The lowest BCUT2D eigenvalue weighted by molar-refractivity contribution is 0.0610. The number of aliphatic hydroxyl groups is 1. The molecule has 24 heavy (non-hydrogen) atoms. The monoisotopic (exact) mass is 343 g/mol. The van der Waals surface area contributed by atoms with Crippen LogP contribution in [0.2, 0.25) is 0 Å². The van der Waals surface area contributed by atoms with E-state index in [0.29, 0.717) is 6.04 Å². The first-order valence-electron chi connectivity index (χ1n) is 10.6. The van der Waals surface area contributed by atoms with E-state index < -0.39 is 0 Å². The topological polar surface area (TPSA) is 32.7 Å². The first kappa shape index (κ1) is 23.9. The molecule has 0 amide bonds. The Balaban J connectivity index is 3.47. The van der Waals surface area contributed by atoms with Gasteiger partial charge in [0.15, 0.2) is 0 Å². The van der Waals surface area contributed by atoms with E-state index in [9.17, 15) is 0 Å². The average Bonchev–Trinajstić information content (AvgIpc) is 2.58. The first-order chi connectivity index (χ1) is 11.8. The van der Waals surface area contributed by atoms with Crippen molar-refractivity contribution in [2.24, 2.45) is 0 Å². The predicted octanol–water partition coefficient (Wildman–Crippen LogP) is 5.41. The van der Waals surface area contributed by atoms with Gasteiger partial charge in [-0.2, -0.15) is 0 Å². The Morgan fingerprint density at radius 2 is 1.38 bits per heavy atom. The van der Waals surface area contributed by atoms with E-state index in [1.54, 1.807) is 0 Å². The summed E-state index contributed by atoms with van der Waals surface area (Å²) in [7, 11) is 2.18. The summed E-state index contributed by atoms with van der Waals surface area (Å²) in [6.45, 7) is 7.59. The van der Waals surface area contributed by atoms with Gasteiger partial charge in [-0.25, -0.2) is 0 Å². The first-order valence-corrected chi connectivity index (χ1v) is 10.6. The normalized spacial score (nSPS) is 12.9. The molecule has 0 saturated carbocycles. The minimum atomic E-state index is 0.287. The van der Waals surface area contributed by atoms with Crippen LogP contribution >= 0.6 is 0 Å². The quantitative estimate of drug-likeness (QED) is 0.318. The molecule has 0 rings (SSSR count). The highest BCUT2D eigenvalue weighted by Crippen LogP contribution is 2.11. The molecule has 0 heterocycles. The molecule has 0 aliphatic carbocycles. The second-order valence-corrected chi connectivity index (χ2v) is 7.26. The SMILES string of the molecule is CCCCCCCCCCCCOCC(CCCO)N(C)CCC. The van der Waals surface area contributed by atoms with Crippen molar-refractivity contribution in [2.45, 2.75) is 103 Å². The molecule has 1 atom stereocenters. The third kappa shape index (κ3) is 15.4. The molecule has 0 saturated heterocycles. The molecule has 0 aromatic rings. The fraction of sp³-hybridized carbons (Fsp3) is 1.00. The van der Waals surface area contributed by atoms with Crippen LogP contribution in [0.1, 0.15) is 97.3 Å². The molecule has 1 unspecified atom stereocenters. The van der Waals surface area contributed by atoms with Crippen molar-refractivity contribution in [3.05, 3.63) is 0 Å². The van der Waals surface area contributed by atoms with E-state index >= 15 is 0 Å².